The first kappa shape index (κ1) is 26.5. The Morgan fingerprint density at radius 3 is 2.19 bits per heavy atom. The average molecular weight is 544 g/mol. The molecule has 0 unspecified atom stereocenters. The van der Waals surface area contributed by atoms with Crippen molar-refractivity contribution < 1.29 is 29.0 Å². The molecule has 9 nitrogen and oxygen atoms in total. The lowest BCUT2D eigenvalue weighted by molar-refractivity contribution is -0.138. The van der Waals surface area contributed by atoms with Crippen molar-refractivity contribution in [3.8, 4) is 11.5 Å². The van der Waals surface area contributed by atoms with E-state index in [1.165, 1.54) is 0 Å². The maximum Gasteiger partial charge on any atom is 0.315 e. The number of carboxylic acids is 1. The van der Waals surface area contributed by atoms with E-state index in [9.17, 15) is 19.5 Å². The predicted octanol–water partition coefficient (Wildman–Crippen LogP) is 4.61. The minimum absolute atomic E-state index is 0.0852. The first-order valence-corrected chi connectivity index (χ1v) is 13.6. The number of rotatable bonds is 11. The maximum atomic E-state index is 13.7. The second-order valence-corrected chi connectivity index (χ2v) is 11.0. The summed E-state index contributed by atoms with van der Waals surface area (Å²) >= 11 is 3.14. The summed E-state index contributed by atoms with van der Waals surface area (Å²) in [5, 5.41) is 18.9. The van der Waals surface area contributed by atoms with Crippen molar-refractivity contribution >= 4 is 40.6 Å². The molecule has 1 aliphatic heterocycles. The van der Waals surface area contributed by atoms with Crippen LogP contribution in [0.3, 0.4) is 0 Å². The normalized spacial score (nSPS) is 13.7. The third-order valence-corrected chi connectivity index (χ3v) is 7.59. The summed E-state index contributed by atoms with van der Waals surface area (Å²) in [5.74, 6) is -0.425. The van der Waals surface area contributed by atoms with E-state index < -0.39 is 24.1 Å². The number of aliphatic carboxylic acids is 1. The summed E-state index contributed by atoms with van der Waals surface area (Å²) in [5.41, 5.74) is 0.561. The first-order chi connectivity index (χ1) is 17.8. The van der Waals surface area contributed by atoms with Crippen LogP contribution in [0.15, 0.2) is 53.2 Å². The Hall–Kier alpha value is -3.57. The highest BCUT2D eigenvalue weighted by Crippen LogP contribution is 2.34. The molecule has 1 aliphatic rings. The lowest BCUT2D eigenvalue weighted by atomic mass is 10.0. The third-order valence-electron chi connectivity index (χ3n) is 5.87. The molecule has 196 valence electrons. The van der Waals surface area contributed by atoms with Gasteiger partial charge in [-0.05, 0) is 46.5 Å². The fourth-order valence-corrected chi connectivity index (χ4v) is 5.44. The van der Waals surface area contributed by atoms with E-state index in [2.05, 4.69) is 10.6 Å². The number of carboxylic acid groups (broad SMARTS) is 1. The van der Waals surface area contributed by atoms with Crippen molar-refractivity contribution in [2.75, 3.05) is 6.79 Å². The smallest absolute Gasteiger partial charge is 0.315 e. The molecule has 3 N–H and O–H groups in total. The van der Waals surface area contributed by atoms with Gasteiger partial charge in [0.25, 0.3) is 0 Å². The zero-order valence-electron chi connectivity index (χ0n) is 20.5. The minimum Gasteiger partial charge on any atom is -0.481 e. The SMILES string of the molecule is CC(C)[C@H](NC(=O)N[C@@H](CC(=O)O)c1ccc2c(c1)OCO2)C(=O)N(Cc1cccs1)Cc1cccs1. The topological polar surface area (TPSA) is 117 Å². The van der Waals surface area contributed by atoms with E-state index in [0.717, 1.165) is 9.75 Å². The van der Waals surface area contributed by atoms with Crippen molar-refractivity contribution in [1.82, 2.24) is 15.5 Å². The molecule has 0 saturated carbocycles. The molecule has 3 amide bonds. The zero-order valence-corrected chi connectivity index (χ0v) is 22.1. The number of carbonyl (C=O) groups excluding carboxylic acids is 2. The highest BCUT2D eigenvalue weighted by molar-refractivity contribution is 7.10. The first-order valence-electron chi connectivity index (χ1n) is 11.8. The van der Waals surface area contributed by atoms with Crippen LogP contribution in [0.1, 0.15) is 41.6 Å². The van der Waals surface area contributed by atoms with E-state index in [4.69, 9.17) is 9.47 Å². The van der Waals surface area contributed by atoms with Gasteiger partial charge in [-0.25, -0.2) is 4.79 Å². The van der Waals surface area contributed by atoms with Crippen LogP contribution in [0.5, 0.6) is 11.5 Å². The number of nitrogens with one attached hydrogen (secondary N) is 2. The molecule has 2 aromatic heterocycles. The molecule has 0 saturated heterocycles. The number of urea groups is 1. The maximum absolute atomic E-state index is 13.7. The molecule has 0 spiro atoms. The Morgan fingerprint density at radius 1 is 0.973 bits per heavy atom. The quantitative estimate of drug-likeness (QED) is 0.325. The molecule has 37 heavy (non-hydrogen) atoms. The van der Waals surface area contributed by atoms with Crippen molar-refractivity contribution in [3.63, 3.8) is 0 Å². The molecule has 0 fully saturated rings. The van der Waals surface area contributed by atoms with Crippen molar-refractivity contribution in [3.05, 3.63) is 68.5 Å². The largest absolute Gasteiger partial charge is 0.481 e. The Kier molecular flexibility index (Phi) is 8.67. The highest BCUT2D eigenvalue weighted by atomic mass is 32.1. The van der Waals surface area contributed by atoms with Gasteiger partial charge in [-0.1, -0.05) is 32.0 Å². The molecule has 3 heterocycles. The van der Waals surface area contributed by atoms with E-state index in [0.29, 0.717) is 30.2 Å². The van der Waals surface area contributed by atoms with Crippen molar-refractivity contribution in [1.29, 1.82) is 0 Å². The Balaban J connectivity index is 1.49. The van der Waals surface area contributed by atoms with E-state index >= 15 is 0 Å². The predicted molar refractivity (Wildman–Crippen MR) is 141 cm³/mol. The van der Waals surface area contributed by atoms with Crippen LogP contribution in [0.25, 0.3) is 0 Å². The van der Waals surface area contributed by atoms with Crippen LogP contribution in [-0.2, 0) is 22.7 Å². The molecule has 0 radical (unpaired) electrons. The van der Waals surface area contributed by atoms with Crippen LogP contribution in [0, 0.1) is 5.92 Å². The molecular weight excluding hydrogens is 514 g/mol. The summed E-state index contributed by atoms with van der Waals surface area (Å²) in [6, 6.07) is 10.6. The van der Waals surface area contributed by atoms with Crippen molar-refractivity contribution in [2.24, 2.45) is 5.92 Å². The number of carbonyl (C=O) groups is 3. The van der Waals surface area contributed by atoms with Gasteiger partial charge in [0.05, 0.1) is 25.6 Å². The number of ether oxygens (including phenoxy) is 2. The molecule has 1 aromatic carbocycles. The highest BCUT2D eigenvalue weighted by Gasteiger charge is 2.30. The van der Waals surface area contributed by atoms with Crippen LogP contribution >= 0.6 is 22.7 Å². The summed E-state index contributed by atoms with van der Waals surface area (Å²) in [6.07, 6.45) is -0.337. The zero-order chi connectivity index (χ0) is 26.4. The number of hydrogen-bond acceptors (Lipinski definition) is 7. The molecule has 0 bridgehead atoms. The monoisotopic (exact) mass is 543 g/mol. The number of hydrogen-bond donors (Lipinski definition) is 3. The number of nitrogens with zero attached hydrogens (tertiary/aromatic N) is 1. The summed E-state index contributed by atoms with van der Waals surface area (Å²) in [4.78, 5) is 42.2. The van der Waals surface area contributed by atoms with Crippen molar-refractivity contribution in [2.45, 2.75) is 45.4 Å². The van der Waals surface area contributed by atoms with Gasteiger partial charge in [-0.2, -0.15) is 0 Å². The van der Waals surface area contributed by atoms with Gasteiger partial charge in [-0.15, -0.1) is 22.7 Å². The van der Waals surface area contributed by atoms with Gasteiger partial charge in [0.15, 0.2) is 11.5 Å². The van der Waals surface area contributed by atoms with Gasteiger partial charge >= 0.3 is 12.0 Å². The molecule has 4 rings (SSSR count). The number of amides is 3. The van der Waals surface area contributed by atoms with E-state index in [-0.39, 0.29) is 25.0 Å². The van der Waals surface area contributed by atoms with Gasteiger partial charge in [0.1, 0.15) is 6.04 Å². The minimum atomic E-state index is -1.07. The second kappa shape index (κ2) is 12.1. The standard InChI is InChI=1S/C26H29N3O6S2/c1-16(2)24(25(32)29(13-18-5-3-9-36-18)14-19-6-4-10-37-19)28-26(33)27-20(12-23(30)31)17-7-8-21-22(11-17)35-15-34-21/h3-11,16,20,24H,12-15H2,1-2H3,(H,30,31)(H2,27,28,33)/t20-,24-/m0/s1. The van der Waals surface area contributed by atoms with Gasteiger partial charge < -0.3 is 30.1 Å². The second-order valence-electron chi connectivity index (χ2n) is 8.96. The van der Waals surface area contributed by atoms with Crippen LogP contribution in [0.2, 0.25) is 0 Å². The molecular formula is C26H29N3O6S2. The number of thiophene rings is 2. The van der Waals surface area contributed by atoms with E-state index in [1.54, 1.807) is 45.8 Å². The summed E-state index contributed by atoms with van der Waals surface area (Å²) in [6.45, 7) is 4.68. The fraction of sp³-hybridized carbons (Fsp3) is 0.346. The van der Waals surface area contributed by atoms with Crippen LogP contribution in [-0.4, -0.2) is 40.7 Å². The van der Waals surface area contributed by atoms with Gasteiger partial charge in [-0.3, -0.25) is 9.59 Å². The Morgan fingerprint density at radius 2 is 1.62 bits per heavy atom. The summed E-state index contributed by atoms with van der Waals surface area (Å²) in [7, 11) is 0. The summed E-state index contributed by atoms with van der Waals surface area (Å²) < 4.78 is 10.7. The Bertz CT molecular complexity index is 1180. The third kappa shape index (κ3) is 7.01. The molecule has 2 atom stereocenters. The Labute approximate surface area is 223 Å². The fourth-order valence-electron chi connectivity index (χ4n) is 4.00. The molecule has 3 aromatic rings. The molecule has 0 aliphatic carbocycles. The average Bonchev–Trinajstić information content (AvgIpc) is 3.63. The van der Waals surface area contributed by atoms with Gasteiger partial charge in [0.2, 0.25) is 12.7 Å². The lowest BCUT2D eigenvalue weighted by Gasteiger charge is -2.30. The van der Waals surface area contributed by atoms with E-state index in [1.807, 2.05) is 48.9 Å². The lowest BCUT2D eigenvalue weighted by Crippen LogP contribution is -2.53. The number of fused-ring (bicyclic) bond motifs is 1. The van der Waals surface area contributed by atoms with Crippen LogP contribution < -0.4 is 20.1 Å². The van der Waals surface area contributed by atoms with Gasteiger partial charge in [0, 0.05) is 9.75 Å². The number of benzene rings is 1. The molecule has 11 heteroatoms. The van der Waals surface area contributed by atoms with Crippen LogP contribution in [0.4, 0.5) is 4.79 Å².